The van der Waals surface area contributed by atoms with Gasteiger partial charge in [-0.15, -0.1) is 0 Å². The van der Waals surface area contributed by atoms with Gasteiger partial charge in [0, 0.05) is 19.9 Å². The minimum atomic E-state index is 0.0498. The Morgan fingerprint density at radius 2 is 2.38 bits per heavy atom. The number of methoxy groups -OCH3 is 1. The highest BCUT2D eigenvalue weighted by Gasteiger charge is 2.42. The van der Waals surface area contributed by atoms with E-state index in [1.807, 2.05) is 19.1 Å². The van der Waals surface area contributed by atoms with Crippen LogP contribution in [0.4, 0.5) is 5.69 Å². The van der Waals surface area contributed by atoms with Crippen molar-refractivity contribution in [3.05, 3.63) is 31.0 Å². The van der Waals surface area contributed by atoms with Crippen molar-refractivity contribution in [2.24, 2.45) is 0 Å². The molecule has 112 valence electrons. The van der Waals surface area contributed by atoms with E-state index in [0.717, 1.165) is 17.9 Å². The Balaban J connectivity index is 1.74. The summed E-state index contributed by atoms with van der Waals surface area (Å²) in [6.45, 7) is 2.70. The van der Waals surface area contributed by atoms with Gasteiger partial charge >= 0.3 is 0 Å². The van der Waals surface area contributed by atoms with E-state index < -0.39 is 0 Å². The maximum absolute atomic E-state index is 5.64. The SMILES string of the molecule is CCOC1CC(Nc2cccnc2-n2cncn2)C1OC. The maximum Gasteiger partial charge on any atom is 0.178 e. The van der Waals surface area contributed by atoms with Crippen molar-refractivity contribution in [2.45, 2.75) is 31.6 Å². The maximum atomic E-state index is 5.64. The number of pyridine rings is 1. The van der Waals surface area contributed by atoms with Crippen molar-refractivity contribution < 1.29 is 9.47 Å². The highest BCUT2D eigenvalue weighted by atomic mass is 16.5. The molecule has 7 heteroatoms. The summed E-state index contributed by atoms with van der Waals surface area (Å²) < 4.78 is 12.8. The van der Waals surface area contributed by atoms with Crippen LogP contribution in [0.2, 0.25) is 0 Å². The summed E-state index contributed by atoms with van der Waals surface area (Å²) in [5, 5.41) is 7.60. The number of nitrogens with one attached hydrogen (secondary N) is 1. The van der Waals surface area contributed by atoms with E-state index >= 15 is 0 Å². The lowest BCUT2D eigenvalue weighted by Crippen LogP contribution is -2.56. The first-order chi connectivity index (χ1) is 10.3. The van der Waals surface area contributed by atoms with Crippen LogP contribution in [0, 0.1) is 0 Å². The molecule has 0 aliphatic heterocycles. The summed E-state index contributed by atoms with van der Waals surface area (Å²) in [5.41, 5.74) is 0.907. The van der Waals surface area contributed by atoms with Gasteiger partial charge in [-0.1, -0.05) is 0 Å². The Labute approximate surface area is 123 Å². The highest BCUT2D eigenvalue weighted by Crippen LogP contribution is 2.31. The Bertz CT molecular complexity index is 575. The largest absolute Gasteiger partial charge is 0.377 e. The van der Waals surface area contributed by atoms with E-state index in [9.17, 15) is 0 Å². The van der Waals surface area contributed by atoms with Gasteiger partial charge in [-0.05, 0) is 25.5 Å². The summed E-state index contributed by atoms with van der Waals surface area (Å²) in [6, 6.07) is 4.08. The molecule has 1 fully saturated rings. The van der Waals surface area contributed by atoms with Gasteiger partial charge in [0.15, 0.2) is 5.82 Å². The number of rotatable bonds is 6. The van der Waals surface area contributed by atoms with Gasteiger partial charge in [-0.3, -0.25) is 0 Å². The molecule has 21 heavy (non-hydrogen) atoms. The van der Waals surface area contributed by atoms with Crippen molar-refractivity contribution >= 4 is 5.69 Å². The lowest BCUT2D eigenvalue weighted by molar-refractivity contribution is -0.118. The van der Waals surface area contributed by atoms with Crippen molar-refractivity contribution in [2.75, 3.05) is 19.0 Å². The zero-order valence-electron chi connectivity index (χ0n) is 12.1. The zero-order chi connectivity index (χ0) is 14.7. The molecule has 3 rings (SSSR count). The molecule has 2 aromatic heterocycles. The zero-order valence-corrected chi connectivity index (χ0v) is 12.1. The van der Waals surface area contributed by atoms with Crippen LogP contribution in [0.3, 0.4) is 0 Å². The van der Waals surface area contributed by atoms with Crippen LogP contribution in [0.5, 0.6) is 0 Å². The second-order valence-electron chi connectivity index (χ2n) is 4.90. The lowest BCUT2D eigenvalue weighted by atomic mass is 9.85. The number of hydrogen-bond donors (Lipinski definition) is 1. The quantitative estimate of drug-likeness (QED) is 0.863. The van der Waals surface area contributed by atoms with Gasteiger partial charge in [-0.25, -0.2) is 14.6 Å². The fraction of sp³-hybridized carbons (Fsp3) is 0.500. The van der Waals surface area contributed by atoms with Gasteiger partial charge in [0.1, 0.15) is 18.8 Å². The molecule has 3 atom stereocenters. The number of nitrogens with zero attached hydrogens (tertiary/aromatic N) is 4. The van der Waals surface area contributed by atoms with Crippen molar-refractivity contribution in [1.29, 1.82) is 0 Å². The van der Waals surface area contributed by atoms with E-state index in [0.29, 0.717) is 6.61 Å². The summed E-state index contributed by atoms with van der Waals surface area (Å²) >= 11 is 0. The van der Waals surface area contributed by atoms with Gasteiger partial charge in [0.25, 0.3) is 0 Å². The minimum Gasteiger partial charge on any atom is -0.377 e. The third kappa shape index (κ3) is 2.74. The van der Waals surface area contributed by atoms with Crippen molar-refractivity contribution in [3.63, 3.8) is 0 Å². The van der Waals surface area contributed by atoms with E-state index in [2.05, 4.69) is 20.4 Å². The molecule has 0 bridgehead atoms. The minimum absolute atomic E-state index is 0.0498. The molecule has 1 saturated carbocycles. The van der Waals surface area contributed by atoms with Crippen LogP contribution in [0.15, 0.2) is 31.0 Å². The van der Waals surface area contributed by atoms with Crippen LogP contribution in [0.25, 0.3) is 5.82 Å². The molecule has 3 unspecified atom stereocenters. The second-order valence-corrected chi connectivity index (χ2v) is 4.90. The molecule has 2 aromatic rings. The van der Waals surface area contributed by atoms with Crippen molar-refractivity contribution in [3.8, 4) is 5.82 Å². The summed E-state index contributed by atoms with van der Waals surface area (Å²) in [5.74, 6) is 0.727. The third-order valence-electron chi connectivity index (χ3n) is 3.67. The van der Waals surface area contributed by atoms with E-state index in [1.165, 1.54) is 6.33 Å². The Morgan fingerprint density at radius 3 is 3.10 bits per heavy atom. The van der Waals surface area contributed by atoms with E-state index in [-0.39, 0.29) is 18.2 Å². The van der Waals surface area contributed by atoms with Crippen LogP contribution < -0.4 is 5.32 Å². The molecular formula is C14H19N5O2. The van der Waals surface area contributed by atoms with Crippen LogP contribution in [-0.4, -0.2) is 51.7 Å². The Hall–Kier alpha value is -1.99. The monoisotopic (exact) mass is 289 g/mol. The first-order valence-corrected chi connectivity index (χ1v) is 7.04. The molecule has 0 saturated heterocycles. The first-order valence-electron chi connectivity index (χ1n) is 7.04. The van der Waals surface area contributed by atoms with Crippen LogP contribution >= 0.6 is 0 Å². The molecule has 0 aromatic carbocycles. The standard InChI is InChI=1S/C14H19N5O2/c1-3-21-12-7-11(13(12)20-2)18-10-5-4-6-16-14(10)19-9-15-8-17-19/h4-6,8-9,11-13,18H,3,7H2,1-2H3. The van der Waals surface area contributed by atoms with Crippen molar-refractivity contribution in [1.82, 2.24) is 19.7 Å². The summed E-state index contributed by atoms with van der Waals surface area (Å²) in [7, 11) is 1.71. The smallest absolute Gasteiger partial charge is 0.178 e. The molecular weight excluding hydrogens is 270 g/mol. The molecule has 0 spiro atoms. The summed E-state index contributed by atoms with van der Waals surface area (Å²) in [6.07, 6.45) is 5.98. The number of hydrogen-bond acceptors (Lipinski definition) is 6. The van der Waals surface area contributed by atoms with Gasteiger partial charge in [0.05, 0.1) is 17.8 Å². The lowest BCUT2D eigenvalue weighted by Gasteiger charge is -2.43. The molecule has 0 amide bonds. The van der Waals surface area contributed by atoms with Gasteiger partial charge in [0.2, 0.25) is 0 Å². The van der Waals surface area contributed by atoms with E-state index in [4.69, 9.17) is 9.47 Å². The molecule has 2 heterocycles. The normalized spacial score (nSPS) is 24.6. The van der Waals surface area contributed by atoms with Crippen LogP contribution in [-0.2, 0) is 9.47 Å². The predicted octanol–water partition coefficient (Wildman–Crippen LogP) is 1.27. The molecule has 1 aliphatic rings. The van der Waals surface area contributed by atoms with Gasteiger partial charge in [-0.2, -0.15) is 5.10 Å². The first kappa shape index (κ1) is 14.0. The van der Waals surface area contributed by atoms with E-state index in [1.54, 1.807) is 24.3 Å². The number of ether oxygens (including phenoxy) is 2. The Kier molecular flexibility index (Phi) is 4.12. The van der Waals surface area contributed by atoms with Gasteiger partial charge < -0.3 is 14.8 Å². The second kappa shape index (κ2) is 6.19. The average Bonchev–Trinajstić information content (AvgIpc) is 3.01. The fourth-order valence-corrected chi connectivity index (χ4v) is 2.63. The average molecular weight is 289 g/mol. The fourth-order valence-electron chi connectivity index (χ4n) is 2.63. The predicted molar refractivity (Wildman–Crippen MR) is 77.4 cm³/mol. The topological polar surface area (TPSA) is 74.1 Å². The third-order valence-corrected chi connectivity index (χ3v) is 3.67. The number of aromatic nitrogens is 4. The highest BCUT2D eigenvalue weighted by molar-refractivity contribution is 5.57. The number of anilines is 1. The summed E-state index contributed by atoms with van der Waals surface area (Å²) in [4.78, 5) is 8.32. The molecule has 1 N–H and O–H groups in total. The molecule has 7 nitrogen and oxygen atoms in total. The Morgan fingerprint density at radius 1 is 1.48 bits per heavy atom. The molecule has 0 radical (unpaired) electrons. The van der Waals surface area contributed by atoms with Crippen LogP contribution in [0.1, 0.15) is 13.3 Å². The molecule has 1 aliphatic carbocycles.